The number of hydrogen-bond donors (Lipinski definition) is 1. The molecule has 5 aromatic rings. The summed E-state index contributed by atoms with van der Waals surface area (Å²) in [6.45, 7) is 4.09. The van der Waals surface area contributed by atoms with Gasteiger partial charge in [-0.2, -0.15) is 0 Å². The number of amides is 1. The number of anilines is 1. The zero-order valence-electron chi connectivity index (χ0n) is 18.9. The van der Waals surface area contributed by atoms with Crippen LogP contribution in [0.25, 0.3) is 22.4 Å². The highest BCUT2D eigenvalue weighted by molar-refractivity contribution is 7.99. The molecule has 0 unspecified atom stereocenters. The average Bonchev–Trinajstić information content (AvgIpc) is 3.28. The lowest BCUT2D eigenvalue weighted by molar-refractivity contribution is -0.113. The van der Waals surface area contributed by atoms with Gasteiger partial charge in [0.05, 0.1) is 22.3 Å². The summed E-state index contributed by atoms with van der Waals surface area (Å²) in [7, 11) is 0. The standard InChI is InChI=1S/C26H23N5O2S/c1-3-18-10-12-19(13-11-18)27-23(32)16-34-26-29-28-25-30(20-14-8-17(2)9-15-20)24(33)21-6-4-5-7-22(21)31(25)26/h4-15H,3,16H2,1-2H3,(H,27,32). The van der Waals surface area contributed by atoms with Gasteiger partial charge in [0, 0.05) is 5.69 Å². The van der Waals surface area contributed by atoms with Gasteiger partial charge in [-0.15, -0.1) is 10.2 Å². The van der Waals surface area contributed by atoms with Crippen molar-refractivity contribution in [3.63, 3.8) is 0 Å². The molecule has 1 amide bonds. The highest BCUT2D eigenvalue weighted by atomic mass is 32.2. The third-order valence-electron chi connectivity index (χ3n) is 5.67. The zero-order valence-corrected chi connectivity index (χ0v) is 19.7. The first-order chi connectivity index (χ1) is 16.5. The molecular formula is C26H23N5O2S. The molecule has 170 valence electrons. The Labute approximate surface area is 200 Å². The van der Waals surface area contributed by atoms with Crippen LogP contribution in [0.5, 0.6) is 0 Å². The molecule has 3 aromatic carbocycles. The summed E-state index contributed by atoms with van der Waals surface area (Å²) < 4.78 is 3.40. The van der Waals surface area contributed by atoms with Crippen molar-refractivity contribution < 1.29 is 4.79 Å². The number of para-hydroxylation sites is 1. The van der Waals surface area contributed by atoms with E-state index < -0.39 is 0 Å². The Morgan fingerprint density at radius 1 is 0.971 bits per heavy atom. The number of carbonyl (C=O) groups is 1. The Morgan fingerprint density at radius 3 is 2.44 bits per heavy atom. The van der Waals surface area contributed by atoms with Gasteiger partial charge < -0.3 is 5.32 Å². The summed E-state index contributed by atoms with van der Waals surface area (Å²) in [5.74, 6) is 0.432. The van der Waals surface area contributed by atoms with Gasteiger partial charge in [-0.05, 0) is 55.3 Å². The van der Waals surface area contributed by atoms with Gasteiger partial charge in [0.1, 0.15) is 0 Å². The second-order valence-electron chi connectivity index (χ2n) is 8.00. The van der Waals surface area contributed by atoms with E-state index in [1.807, 2.05) is 78.1 Å². The first-order valence-electron chi connectivity index (χ1n) is 11.0. The highest BCUT2D eigenvalue weighted by Gasteiger charge is 2.18. The molecule has 0 spiro atoms. The molecule has 0 aliphatic carbocycles. The third kappa shape index (κ3) is 4.08. The smallest absolute Gasteiger partial charge is 0.267 e. The minimum Gasteiger partial charge on any atom is -0.325 e. The molecule has 0 aliphatic heterocycles. The van der Waals surface area contributed by atoms with E-state index >= 15 is 0 Å². The SMILES string of the molecule is CCc1ccc(NC(=O)CSc2nnc3n(-c4ccc(C)cc4)c(=O)c4ccccc4n23)cc1. The molecular weight excluding hydrogens is 446 g/mol. The summed E-state index contributed by atoms with van der Waals surface area (Å²) in [5.41, 5.74) is 4.32. The fourth-order valence-electron chi connectivity index (χ4n) is 3.85. The molecule has 5 rings (SSSR count). The maximum Gasteiger partial charge on any atom is 0.267 e. The molecule has 7 nitrogen and oxygen atoms in total. The number of rotatable bonds is 6. The molecule has 2 aromatic heterocycles. The minimum atomic E-state index is -0.163. The van der Waals surface area contributed by atoms with E-state index in [9.17, 15) is 9.59 Å². The second kappa shape index (κ2) is 9.15. The van der Waals surface area contributed by atoms with Crippen molar-refractivity contribution in [1.82, 2.24) is 19.2 Å². The normalized spacial score (nSPS) is 11.2. The molecule has 1 N–H and O–H groups in total. The van der Waals surface area contributed by atoms with Gasteiger partial charge in [-0.3, -0.25) is 14.0 Å². The summed E-state index contributed by atoms with van der Waals surface area (Å²) in [6.07, 6.45) is 0.950. The Morgan fingerprint density at radius 2 is 1.71 bits per heavy atom. The van der Waals surface area contributed by atoms with Crippen LogP contribution in [0.2, 0.25) is 0 Å². The van der Waals surface area contributed by atoms with Gasteiger partial charge in [-0.1, -0.05) is 60.6 Å². The van der Waals surface area contributed by atoms with E-state index in [-0.39, 0.29) is 17.2 Å². The largest absolute Gasteiger partial charge is 0.325 e. The predicted octanol–water partition coefficient (Wildman–Crippen LogP) is 4.64. The van der Waals surface area contributed by atoms with E-state index in [4.69, 9.17) is 0 Å². The van der Waals surface area contributed by atoms with Crippen LogP contribution in [0, 0.1) is 6.92 Å². The van der Waals surface area contributed by atoms with Crippen LogP contribution in [0.4, 0.5) is 5.69 Å². The lowest BCUT2D eigenvalue weighted by atomic mass is 10.1. The number of hydrogen-bond acceptors (Lipinski definition) is 5. The highest BCUT2D eigenvalue weighted by Crippen LogP contribution is 2.23. The summed E-state index contributed by atoms with van der Waals surface area (Å²) in [5, 5.41) is 12.7. The number of thioether (sulfide) groups is 1. The van der Waals surface area contributed by atoms with Crippen LogP contribution in [0.1, 0.15) is 18.1 Å². The van der Waals surface area contributed by atoms with Gasteiger partial charge in [0.15, 0.2) is 5.16 Å². The number of fused-ring (bicyclic) bond motifs is 3. The molecule has 8 heteroatoms. The van der Waals surface area contributed by atoms with Gasteiger partial charge >= 0.3 is 0 Å². The Bertz CT molecular complexity index is 1550. The zero-order chi connectivity index (χ0) is 23.7. The number of aromatic nitrogens is 4. The second-order valence-corrected chi connectivity index (χ2v) is 8.94. The van der Waals surface area contributed by atoms with Crippen molar-refractivity contribution in [3.8, 4) is 5.69 Å². The molecule has 0 saturated heterocycles. The number of carbonyl (C=O) groups excluding carboxylic acids is 1. The molecule has 0 saturated carbocycles. The predicted molar refractivity (Wildman–Crippen MR) is 136 cm³/mol. The molecule has 0 atom stereocenters. The number of aryl methyl sites for hydroxylation is 2. The maximum absolute atomic E-state index is 13.4. The first kappa shape index (κ1) is 21.9. The summed E-state index contributed by atoms with van der Waals surface area (Å²) in [4.78, 5) is 26.0. The fourth-order valence-corrected chi connectivity index (χ4v) is 4.59. The minimum absolute atomic E-state index is 0.137. The van der Waals surface area contributed by atoms with E-state index in [0.29, 0.717) is 27.5 Å². The van der Waals surface area contributed by atoms with Crippen molar-refractivity contribution in [3.05, 3.63) is 94.3 Å². The molecule has 34 heavy (non-hydrogen) atoms. The van der Waals surface area contributed by atoms with Gasteiger partial charge in [0.2, 0.25) is 11.7 Å². The van der Waals surface area contributed by atoms with E-state index in [2.05, 4.69) is 22.4 Å². The summed E-state index contributed by atoms with van der Waals surface area (Å²) in [6, 6.07) is 22.9. The van der Waals surface area contributed by atoms with Gasteiger partial charge in [0.25, 0.3) is 5.56 Å². The Balaban J connectivity index is 1.50. The van der Waals surface area contributed by atoms with Crippen LogP contribution in [-0.4, -0.2) is 30.8 Å². The Hall–Kier alpha value is -3.91. The number of benzene rings is 3. The summed E-state index contributed by atoms with van der Waals surface area (Å²) >= 11 is 1.28. The molecule has 0 fully saturated rings. The lowest BCUT2D eigenvalue weighted by Crippen LogP contribution is -2.22. The van der Waals surface area contributed by atoms with Crippen LogP contribution in [-0.2, 0) is 11.2 Å². The first-order valence-corrected chi connectivity index (χ1v) is 12.0. The topological polar surface area (TPSA) is 81.3 Å². The lowest BCUT2D eigenvalue weighted by Gasteiger charge is -2.11. The maximum atomic E-state index is 13.4. The van der Waals surface area contributed by atoms with Crippen molar-refractivity contribution >= 4 is 40.0 Å². The van der Waals surface area contributed by atoms with Crippen molar-refractivity contribution in [2.75, 3.05) is 11.1 Å². The van der Waals surface area contributed by atoms with Crippen LogP contribution in [0.15, 0.2) is 82.7 Å². The fraction of sp³-hybridized carbons (Fsp3) is 0.154. The number of nitrogens with zero attached hydrogens (tertiary/aromatic N) is 4. The van der Waals surface area contributed by atoms with Crippen molar-refractivity contribution in [2.24, 2.45) is 0 Å². The molecule has 0 aliphatic rings. The molecule has 0 radical (unpaired) electrons. The quantitative estimate of drug-likeness (QED) is 0.367. The van der Waals surface area contributed by atoms with Crippen LogP contribution < -0.4 is 10.9 Å². The van der Waals surface area contributed by atoms with E-state index in [0.717, 1.165) is 17.7 Å². The van der Waals surface area contributed by atoms with Crippen molar-refractivity contribution in [1.29, 1.82) is 0 Å². The van der Waals surface area contributed by atoms with E-state index in [1.165, 1.54) is 17.3 Å². The monoisotopic (exact) mass is 469 g/mol. The third-order valence-corrected chi connectivity index (χ3v) is 6.59. The van der Waals surface area contributed by atoms with Crippen LogP contribution >= 0.6 is 11.8 Å². The van der Waals surface area contributed by atoms with Crippen LogP contribution in [0.3, 0.4) is 0 Å². The molecule has 0 bridgehead atoms. The van der Waals surface area contributed by atoms with Crippen molar-refractivity contribution in [2.45, 2.75) is 25.4 Å². The van der Waals surface area contributed by atoms with E-state index in [1.54, 1.807) is 10.6 Å². The average molecular weight is 470 g/mol. The molecule has 2 heterocycles. The number of nitrogens with one attached hydrogen (secondary N) is 1. The van der Waals surface area contributed by atoms with Gasteiger partial charge in [-0.25, -0.2) is 4.57 Å². The Kier molecular flexibility index (Phi) is 5.90.